The van der Waals surface area contributed by atoms with Gasteiger partial charge in [-0.3, -0.25) is 4.79 Å². The van der Waals surface area contributed by atoms with Gasteiger partial charge < -0.3 is 10.2 Å². The molecule has 0 aliphatic heterocycles. The summed E-state index contributed by atoms with van der Waals surface area (Å²) < 4.78 is 0. The Hall–Kier alpha value is -1.58. The summed E-state index contributed by atoms with van der Waals surface area (Å²) in [6.45, 7) is 1.73. The molecule has 4 nitrogen and oxygen atoms in total. The molecule has 0 aromatic rings. The van der Waals surface area contributed by atoms with Crippen LogP contribution in [0.2, 0.25) is 0 Å². The number of hydrogen-bond donors (Lipinski definition) is 2. The van der Waals surface area contributed by atoms with Crippen LogP contribution in [0.15, 0.2) is 23.8 Å². The van der Waals surface area contributed by atoms with Crippen molar-refractivity contribution in [2.45, 2.75) is 39.0 Å². The molecule has 19 heavy (non-hydrogen) atoms. The van der Waals surface area contributed by atoms with Gasteiger partial charge in [-0.05, 0) is 18.8 Å². The van der Waals surface area contributed by atoms with Crippen LogP contribution in [0, 0.1) is 17.3 Å². The van der Waals surface area contributed by atoms with E-state index in [1.54, 1.807) is 19.1 Å². The minimum atomic E-state index is -1.05. The fraction of sp³-hybridized carbons (Fsp3) is 0.600. The van der Waals surface area contributed by atoms with E-state index in [9.17, 15) is 19.8 Å². The molecular formula is C15H20O4. The molecule has 2 aliphatic carbocycles. The largest absolute Gasteiger partial charge is 0.481 e. The molecule has 2 aliphatic rings. The predicted molar refractivity (Wildman–Crippen MR) is 70.7 cm³/mol. The minimum absolute atomic E-state index is 0.0352. The number of rotatable bonds is 3. The van der Waals surface area contributed by atoms with Gasteiger partial charge in [0.2, 0.25) is 0 Å². The molecular weight excluding hydrogens is 244 g/mol. The molecule has 0 aromatic heterocycles. The van der Waals surface area contributed by atoms with Crippen molar-refractivity contribution >= 4 is 11.9 Å². The Bertz CT molecular complexity index is 443. The Labute approximate surface area is 112 Å². The minimum Gasteiger partial charge on any atom is -0.481 e. The van der Waals surface area contributed by atoms with E-state index >= 15 is 0 Å². The van der Waals surface area contributed by atoms with Crippen molar-refractivity contribution in [2.24, 2.45) is 17.3 Å². The van der Waals surface area contributed by atoms with E-state index in [1.807, 2.05) is 0 Å². The van der Waals surface area contributed by atoms with E-state index in [1.165, 1.54) is 6.08 Å². The van der Waals surface area contributed by atoms with Crippen molar-refractivity contribution in [3.05, 3.63) is 23.8 Å². The summed E-state index contributed by atoms with van der Waals surface area (Å²) in [5.41, 5.74) is -0.849. The highest BCUT2D eigenvalue weighted by Crippen LogP contribution is 2.49. The average molecular weight is 264 g/mol. The molecule has 0 bridgehead atoms. The van der Waals surface area contributed by atoms with Crippen molar-refractivity contribution in [3.63, 3.8) is 0 Å². The molecule has 1 fully saturated rings. The molecule has 0 amide bonds. The molecule has 4 heteroatoms. The smallest absolute Gasteiger partial charge is 0.331 e. The summed E-state index contributed by atoms with van der Waals surface area (Å²) in [5, 5.41) is 19.0. The number of carboxylic acids is 2. The highest BCUT2D eigenvalue weighted by atomic mass is 16.4. The third-order valence-electron chi connectivity index (χ3n) is 4.73. The number of allylic oxidation sites excluding steroid dienone is 2. The topological polar surface area (TPSA) is 74.6 Å². The second kappa shape index (κ2) is 5.19. The first kappa shape index (κ1) is 13.8. The van der Waals surface area contributed by atoms with Crippen LogP contribution >= 0.6 is 0 Å². The van der Waals surface area contributed by atoms with E-state index in [0.717, 1.165) is 32.1 Å². The lowest BCUT2D eigenvalue weighted by molar-refractivity contribution is -0.153. The van der Waals surface area contributed by atoms with Gasteiger partial charge in [-0.25, -0.2) is 4.79 Å². The molecule has 0 spiro atoms. The van der Waals surface area contributed by atoms with Gasteiger partial charge in [-0.15, -0.1) is 0 Å². The fourth-order valence-electron chi connectivity index (χ4n) is 3.61. The summed E-state index contributed by atoms with van der Waals surface area (Å²) in [5.74, 6) is -2.36. The van der Waals surface area contributed by atoms with Crippen LogP contribution in [0.25, 0.3) is 0 Å². The van der Waals surface area contributed by atoms with Crippen LogP contribution in [-0.2, 0) is 9.59 Å². The van der Waals surface area contributed by atoms with Crippen molar-refractivity contribution in [1.29, 1.82) is 0 Å². The van der Waals surface area contributed by atoms with Crippen molar-refractivity contribution in [3.8, 4) is 0 Å². The van der Waals surface area contributed by atoms with Gasteiger partial charge in [-0.2, -0.15) is 0 Å². The second-order valence-corrected chi connectivity index (χ2v) is 5.58. The lowest BCUT2D eigenvalue weighted by atomic mass is 9.59. The summed E-state index contributed by atoms with van der Waals surface area (Å²) in [4.78, 5) is 23.1. The van der Waals surface area contributed by atoms with E-state index < -0.39 is 23.3 Å². The Morgan fingerprint density at radius 2 is 1.84 bits per heavy atom. The average Bonchev–Trinajstić information content (AvgIpc) is 2.39. The van der Waals surface area contributed by atoms with E-state index in [4.69, 9.17) is 0 Å². The molecule has 0 aromatic carbocycles. The van der Waals surface area contributed by atoms with Crippen LogP contribution in [0.3, 0.4) is 0 Å². The van der Waals surface area contributed by atoms with E-state index in [0.29, 0.717) is 0 Å². The molecule has 2 rings (SSSR count). The molecule has 0 heterocycles. The maximum Gasteiger partial charge on any atom is 0.331 e. The Balaban J connectivity index is 2.40. The monoisotopic (exact) mass is 264 g/mol. The van der Waals surface area contributed by atoms with Crippen LogP contribution in [0.5, 0.6) is 0 Å². The maximum atomic E-state index is 11.9. The molecule has 2 N–H and O–H groups in total. The summed E-state index contributed by atoms with van der Waals surface area (Å²) in [6.07, 6.45) is 9.79. The highest BCUT2D eigenvalue weighted by molar-refractivity contribution is 5.91. The fourth-order valence-corrected chi connectivity index (χ4v) is 3.61. The van der Waals surface area contributed by atoms with Gasteiger partial charge in [0.1, 0.15) is 0 Å². The highest BCUT2D eigenvalue weighted by Gasteiger charge is 2.51. The first-order valence-electron chi connectivity index (χ1n) is 6.86. The molecule has 0 radical (unpaired) electrons. The van der Waals surface area contributed by atoms with Gasteiger partial charge in [0, 0.05) is 11.5 Å². The van der Waals surface area contributed by atoms with Gasteiger partial charge in [0.05, 0.1) is 5.41 Å². The third kappa shape index (κ3) is 2.20. The summed E-state index contributed by atoms with van der Waals surface area (Å²) in [6, 6.07) is 0. The van der Waals surface area contributed by atoms with Gasteiger partial charge in [-0.1, -0.05) is 44.4 Å². The normalized spacial score (nSPS) is 31.8. The molecule has 2 atom stereocenters. The first-order valence-corrected chi connectivity index (χ1v) is 6.86. The van der Waals surface area contributed by atoms with E-state index in [-0.39, 0.29) is 11.5 Å². The van der Waals surface area contributed by atoms with Gasteiger partial charge in [0.25, 0.3) is 0 Å². The zero-order chi connectivity index (χ0) is 14.0. The zero-order valence-electron chi connectivity index (χ0n) is 11.1. The van der Waals surface area contributed by atoms with Crippen molar-refractivity contribution in [2.75, 3.05) is 0 Å². The number of carbonyl (C=O) groups is 2. The number of hydrogen-bond acceptors (Lipinski definition) is 2. The molecule has 2 unspecified atom stereocenters. The molecule has 0 saturated heterocycles. The van der Waals surface area contributed by atoms with Crippen molar-refractivity contribution < 1.29 is 19.8 Å². The summed E-state index contributed by atoms with van der Waals surface area (Å²) >= 11 is 0. The van der Waals surface area contributed by atoms with Gasteiger partial charge >= 0.3 is 11.9 Å². The maximum absolute atomic E-state index is 11.9. The second-order valence-electron chi connectivity index (χ2n) is 5.58. The van der Waals surface area contributed by atoms with Crippen LogP contribution in [0.1, 0.15) is 39.0 Å². The third-order valence-corrected chi connectivity index (χ3v) is 4.73. The zero-order valence-corrected chi connectivity index (χ0v) is 11.1. The quantitative estimate of drug-likeness (QED) is 0.822. The van der Waals surface area contributed by atoms with Crippen LogP contribution < -0.4 is 0 Å². The number of carboxylic acid groups (broad SMARTS) is 2. The molecule has 104 valence electrons. The molecule has 1 saturated carbocycles. The van der Waals surface area contributed by atoms with Gasteiger partial charge in [0.15, 0.2) is 0 Å². The van der Waals surface area contributed by atoms with Crippen LogP contribution in [-0.4, -0.2) is 22.2 Å². The first-order chi connectivity index (χ1) is 9.00. The standard InChI is InChI=1S/C15H20O4/c1-10-12(13(16)17)8-5-9-15(10,14(18)19)11-6-3-2-4-7-11/h5,8-11H,2-4,6-7H2,1H3,(H,16,17)(H,18,19). The Morgan fingerprint density at radius 1 is 1.21 bits per heavy atom. The lowest BCUT2D eigenvalue weighted by Crippen LogP contribution is -2.46. The Kier molecular flexibility index (Phi) is 3.78. The lowest BCUT2D eigenvalue weighted by Gasteiger charge is -2.43. The Morgan fingerprint density at radius 3 is 2.37 bits per heavy atom. The van der Waals surface area contributed by atoms with E-state index in [2.05, 4.69) is 0 Å². The summed E-state index contributed by atoms with van der Waals surface area (Å²) in [7, 11) is 0. The number of aliphatic carboxylic acids is 2. The predicted octanol–water partition coefficient (Wildman–Crippen LogP) is 2.85. The van der Waals surface area contributed by atoms with Crippen LogP contribution in [0.4, 0.5) is 0 Å². The SMILES string of the molecule is CC1C(C(=O)O)=CC=CC1(C(=O)O)C1CCCCC1. The van der Waals surface area contributed by atoms with Crippen molar-refractivity contribution in [1.82, 2.24) is 0 Å².